The lowest BCUT2D eigenvalue weighted by Gasteiger charge is -2.32. The Balaban J connectivity index is 2.54. The average Bonchev–Trinajstić information content (AvgIpc) is 2.77. The average molecular weight is 251 g/mol. The maximum Gasteiger partial charge on any atom is 0.109 e. The summed E-state index contributed by atoms with van der Waals surface area (Å²) in [5, 5.41) is 12.7. The van der Waals surface area contributed by atoms with Gasteiger partial charge in [0.15, 0.2) is 0 Å². The molecule has 0 aromatic heterocycles. The van der Waals surface area contributed by atoms with Crippen LogP contribution in [0, 0.1) is 17.2 Å². The van der Waals surface area contributed by atoms with Gasteiger partial charge in [0.2, 0.25) is 0 Å². The molecule has 1 saturated carbocycles. The molecule has 2 unspecified atom stereocenters. The van der Waals surface area contributed by atoms with Gasteiger partial charge in [-0.3, -0.25) is 0 Å². The molecule has 1 N–H and O–H groups in total. The maximum atomic E-state index is 9.44. The van der Waals surface area contributed by atoms with Crippen LogP contribution in [0.3, 0.4) is 0 Å². The first-order valence-corrected chi connectivity index (χ1v) is 7.43. The van der Waals surface area contributed by atoms with Crippen molar-refractivity contribution in [1.82, 2.24) is 10.2 Å². The van der Waals surface area contributed by atoms with Crippen molar-refractivity contribution in [3.63, 3.8) is 0 Å². The summed E-state index contributed by atoms with van der Waals surface area (Å²) in [5.41, 5.74) is -0.255. The van der Waals surface area contributed by atoms with Crippen molar-refractivity contribution in [3.8, 4) is 6.07 Å². The molecular weight excluding hydrogens is 222 g/mol. The highest BCUT2D eigenvalue weighted by atomic mass is 15.1. The van der Waals surface area contributed by atoms with Crippen molar-refractivity contribution >= 4 is 0 Å². The topological polar surface area (TPSA) is 39.1 Å². The number of hydrogen-bond acceptors (Lipinski definition) is 3. The van der Waals surface area contributed by atoms with Crippen LogP contribution >= 0.6 is 0 Å². The predicted octanol–water partition coefficient (Wildman–Crippen LogP) is 2.78. The summed E-state index contributed by atoms with van der Waals surface area (Å²) < 4.78 is 0. The molecular formula is C15H29N3. The quantitative estimate of drug-likeness (QED) is 0.756. The zero-order valence-electron chi connectivity index (χ0n) is 12.5. The number of hydrogen-bond donors (Lipinski definition) is 1. The zero-order valence-corrected chi connectivity index (χ0v) is 12.5. The Morgan fingerprint density at radius 1 is 1.44 bits per heavy atom. The Hall–Kier alpha value is -0.590. The first-order chi connectivity index (χ1) is 8.59. The van der Waals surface area contributed by atoms with Crippen molar-refractivity contribution in [3.05, 3.63) is 0 Å². The Bertz CT molecular complexity index is 282. The van der Waals surface area contributed by atoms with E-state index in [4.69, 9.17) is 0 Å². The van der Waals surface area contributed by atoms with Gasteiger partial charge in [0.1, 0.15) is 5.54 Å². The third-order valence-electron chi connectivity index (χ3n) is 4.47. The Morgan fingerprint density at radius 3 is 2.67 bits per heavy atom. The van der Waals surface area contributed by atoms with Gasteiger partial charge >= 0.3 is 0 Å². The van der Waals surface area contributed by atoms with E-state index < -0.39 is 0 Å². The first-order valence-electron chi connectivity index (χ1n) is 7.43. The molecule has 1 aliphatic carbocycles. The fourth-order valence-corrected chi connectivity index (χ4v) is 3.24. The minimum absolute atomic E-state index is 0.255. The number of nitriles is 1. The third-order valence-corrected chi connectivity index (χ3v) is 4.47. The standard InChI is InChI=1S/C15H29N3/c1-5-10-18(13(2)3)11-8-14-7-6-9-15(14,12-16)17-4/h13-14,17H,5-11H2,1-4H3. The normalized spacial score (nSPS) is 27.9. The molecule has 0 heterocycles. The van der Waals surface area contributed by atoms with Crippen molar-refractivity contribution in [2.45, 2.75) is 64.5 Å². The van der Waals surface area contributed by atoms with Crippen LogP contribution < -0.4 is 5.32 Å². The Kier molecular flexibility index (Phi) is 6.11. The maximum absolute atomic E-state index is 9.44. The SMILES string of the molecule is CCCN(CCC1CCCC1(C#N)NC)C(C)C. The molecule has 18 heavy (non-hydrogen) atoms. The molecule has 2 atom stereocenters. The van der Waals surface area contributed by atoms with Crippen LogP contribution in [0.4, 0.5) is 0 Å². The lowest BCUT2D eigenvalue weighted by atomic mass is 9.86. The Morgan fingerprint density at radius 2 is 2.17 bits per heavy atom. The summed E-state index contributed by atoms with van der Waals surface area (Å²) in [7, 11) is 1.94. The minimum atomic E-state index is -0.255. The Labute approximate surface area is 113 Å². The second kappa shape index (κ2) is 7.11. The lowest BCUT2D eigenvalue weighted by molar-refractivity contribution is 0.191. The summed E-state index contributed by atoms with van der Waals surface area (Å²) in [6.45, 7) is 9.06. The van der Waals surface area contributed by atoms with Crippen molar-refractivity contribution in [2.75, 3.05) is 20.1 Å². The fourth-order valence-electron chi connectivity index (χ4n) is 3.24. The van der Waals surface area contributed by atoms with E-state index >= 15 is 0 Å². The molecule has 1 aliphatic rings. The fraction of sp³-hybridized carbons (Fsp3) is 0.933. The summed E-state index contributed by atoms with van der Waals surface area (Å²) in [5.74, 6) is 0.519. The van der Waals surface area contributed by atoms with Gasteiger partial charge in [-0.15, -0.1) is 0 Å². The summed E-state index contributed by atoms with van der Waals surface area (Å²) in [4.78, 5) is 2.54. The van der Waals surface area contributed by atoms with Gasteiger partial charge in [-0.25, -0.2) is 0 Å². The van der Waals surface area contributed by atoms with Crippen LogP contribution in [0.1, 0.15) is 52.9 Å². The minimum Gasteiger partial charge on any atom is -0.302 e. The van der Waals surface area contributed by atoms with E-state index in [-0.39, 0.29) is 5.54 Å². The van der Waals surface area contributed by atoms with E-state index in [1.54, 1.807) is 0 Å². The molecule has 3 heteroatoms. The molecule has 0 aliphatic heterocycles. The third kappa shape index (κ3) is 3.46. The van der Waals surface area contributed by atoms with Crippen LogP contribution in [0.25, 0.3) is 0 Å². The first kappa shape index (κ1) is 15.5. The van der Waals surface area contributed by atoms with Crippen LogP contribution in [0.2, 0.25) is 0 Å². The van der Waals surface area contributed by atoms with Crippen LogP contribution in [0.5, 0.6) is 0 Å². The highest BCUT2D eigenvalue weighted by Crippen LogP contribution is 2.37. The molecule has 0 saturated heterocycles. The van der Waals surface area contributed by atoms with Crippen molar-refractivity contribution in [2.24, 2.45) is 5.92 Å². The summed E-state index contributed by atoms with van der Waals surface area (Å²) >= 11 is 0. The van der Waals surface area contributed by atoms with Gasteiger partial charge < -0.3 is 10.2 Å². The van der Waals surface area contributed by atoms with Crippen molar-refractivity contribution < 1.29 is 0 Å². The van der Waals surface area contributed by atoms with Gasteiger partial charge in [0, 0.05) is 6.04 Å². The van der Waals surface area contributed by atoms with Gasteiger partial charge in [0.05, 0.1) is 6.07 Å². The number of nitrogens with zero attached hydrogens (tertiary/aromatic N) is 2. The van der Waals surface area contributed by atoms with Crippen LogP contribution in [0.15, 0.2) is 0 Å². The molecule has 0 bridgehead atoms. The van der Waals surface area contributed by atoms with E-state index in [2.05, 4.69) is 37.1 Å². The summed E-state index contributed by atoms with van der Waals surface area (Å²) in [6, 6.07) is 3.14. The van der Waals surface area contributed by atoms with Crippen LogP contribution in [-0.2, 0) is 0 Å². The van der Waals surface area contributed by atoms with Gasteiger partial charge in [0.25, 0.3) is 0 Å². The molecule has 3 nitrogen and oxygen atoms in total. The van der Waals surface area contributed by atoms with Gasteiger partial charge in [-0.1, -0.05) is 13.3 Å². The summed E-state index contributed by atoms with van der Waals surface area (Å²) in [6.07, 6.45) is 5.76. The molecule has 1 fully saturated rings. The smallest absolute Gasteiger partial charge is 0.109 e. The molecule has 0 amide bonds. The highest BCUT2D eigenvalue weighted by molar-refractivity contribution is 5.13. The molecule has 0 spiro atoms. The lowest BCUT2D eigenvalue weighted by Crippen LogP contribution is -2.46. The van der Waals surface area contributed by atoms with E-state index in [1.807, 2.05) is 7.05 Å². The molecule has 1 rings (SSSR count). The van der Waals surface area contributed by atoms with Gasteiger partial charge in [-0.2, -0.15) is 5.26 Å². The highest BCUT2D eigenvalue weighted by Gasteiger charge is 2.41. The molecule has 0 aromatic carbocycles. The molecule has 0 aromatic rings. The van der Waals surface area contributed by atoms with E-state index in [0.29, 0.717) is 12.0 Å². The number of nitrogens with one attached hydrogen (secondary N) is 1. The molecule has 104 valence electrons. The number of rotatable bonds is 7. The second-order valence-electron chi connectivity index (χ2n) is 5.84. The van der Waals surface area contributed by atoms with Gasteiger partial charge in [-0.05, 0) is 65.6 Å². The largest absolute Gasteiger partial charge is 0.302 e. The van der Waals surface area contributed by atoms with E-state index in [1.165, 1.54) is 25.8 Å². The van der Waals surface area contributed by atoms with Crippen molar-refractivity contribution in [1.29, 1.82) is 5.26 Å². The predicted molar refractivity (Wildman–Crippen MR) is 76.4 cm³/mol. The second-order valence-corrected chi connectivity index (χ2v) is 5.84. The van der Waals surface area contributed by atoms with Crippen LogP contribution in [-0.4, -0.2) is 36.6 Å². The molecule has 0 radical (unpaired) electrons. The van der Waals surface area contributed by atoms with E-state index in [0.717, 1.165) is 19.4 Å². The zero-order chi connectivity index (χ0) is 13.6. The monoisotopic (exact) mass is 251 g/mol. The van der Waals surface area contributed by atoms with E-state index in [9.17, 15) is 5.26 Å².